The van der Waals surface area contributed by atoms with E-state index in [1.807, 2.05) is 30.3 Å². The van der Waals surface area contributed by atoms with Crippen molar-refractivity contribution in [2.45, 2.75) is 0 Å². The Labute approximate surface area is 123 Å². The number of nitrogens with one attached hydrogen (secondary N) is 2. The van der Waals surface area contributed by atoms with E-state index < -0.39 is 0 Å². The van der Waals surface area contributed by atoms with E-state index in [-0.39, 0.29) is 19.1 Å². The molecule has 0 aliphatic carbocycles. The van der Waals surface area contributed by atoms with E-state index in [1.54, 1.807) is 24.3 Å². The Balaban J connectivity index is 1.85. The van der Waals surface area contributed by atoms with E-state index in [9.17, 15) is 4.79 Å². The second kappa shape index (κ2) is 8.04. The maximum atomic E-state index is 11.6. The Morgan fingerprint density at radius 2 is 1.67 bits per heavy atom. The second-order valence-corrected chi connectivity index (χ2v) is 4.39. The lowest BCUT2D eigenvalue weighted by molar-refractivity contribution is -0.115. The van der Waals surface area contributed by atoms with Gasteiger partial charge in [0.25, 0.3) is 0 Å². The lowest BCUT2D eigenvalue weighted by Crippen LogP contribution is -2.29. The fourth-order valence-corrected chi connectivity index (χ4v) is 1.72. The summed E-state index contributed by atoms with van der Waals surface area (Å²) in [4.78, 5) is 11.6. The van der Waals surface area contributed by atoms with Crippen molar-refractivity contribution in [2.24, 2.45) is 0 Å². The smallest absolute Gasteiger partial charge is 0.238 e. The number of anilines is 1. The minimum absolute atomic E-state index is 0.0127. The largest absolute Gasteiger partial charge is 0.457 e. The van der Waals surface area contributed by atoms with Crippen LogP contribution < -0.4 is 15.4 Å². The highest BCUT2D eigenvalue weighted by atomic mass is 16.5. The molecule has 0 atom stereocenters. The lowest BCUT2D eigenvalue weighted by Gasteiger charge is -2.08. The number of aliphatic hydroxyl groups is 1. The molecule has 21 heavy (non-hydrogen) atoms. The predicted molar refractivity (Wildman–Crippen MR) is 81.5 cm³/mol. The summed E-state index contributed by atoms with van der Waals surface area (Å²) in [5, 5.41) is 14.2. The average Bonchev–Trinajstić information content (AvgIpc) is 2.51. The zero-order valence-electron chi connectivity index (χ0n) is 11.6. The zero-order chi connectivity index (χ0) is 14.9. The molecule has 0 aromatic heterocycles. The second-order valence-electron chi connectivity index (χ2n) is 4.39. The highest BCUT2D eigenvalue weighted by Gasteiger charge is 2.02. The minimum atomic E-state index is -0.153. The Bertz CT molecular complexity index is 555. The van der Waals surface area contributed by atoms with Gasteiger partial charge in [-0.25, -0.2) is 0 Å². The Kier molecular flexibility index (Phi) is 5.75. The summed E-state index contributed by atoms with van der Waals surface area (Å²) in [5.41, 5.74) is 0.700. The van der Waals surface area contributed by atoms with Gasteiger partial charge in [0.2, 0.25) is 5.91 Å². The fourth-order valence-electron chi connectivity index (χ4n) is 1.72. The number of ether oxygens (including phenoxy) is 1. The van der Waals surface area contributed by atoms with Gasteiger partial charge in [-0.1, -0.05) is 18.2 Å². The summed E-state index contributed by atoms with van der Waals surface area (Å²) in [6.07, 6.45) is 0. The first-order valence-electron chi connectivity index (χ1n) is 6.72. The average molecular weight is 286 g/mol. The third-order valence-corrected chi connectivity index (χ3v) is 2.69. The number of aliphatic hydroxyl groups excluding tert-OH is 1. The highest BCUT2D eigenvalue weighted by molar-refractivity contribution is 5.92. The number of rotatable bonds is 7. The van der Waals surface area contributed by atoms with Crippen molar-refractivity contribution in [1.82, 2.24) is 5.32 Å². The molecule has 0 bridgehead atoms. The normalized spacial score (nSPS) is 10.1. The molecule has 0 aliphatic rings. The molecule has 1 amide bonds. The van der Waals surface area contributed by atoms with Crippen LogP contribution in [0.4, 0.5) is 5.69 Å². The van der Waals surface area contributed by atoms with E-state index in [0.29, 0.717) is 18.0 Å². The molecule has 0 heterocycles. The van der Waals surface area contributed by atoms with Gasteiger partial charge in [0.1, 0.15) is 11.5 Å². The van der Waals surface area contributed by atoms with Crippen LogP contribution >= 0.6 is 0 Å². The molecule has 0 saturated carbocycles. The van der Waals surface area contributed by atoms with Crippen LogP contribution in [0.5, 0.6) is 11.5 Å². The predicted octanol–water partition coefficient (Wildman–Crippen LogP) is 2.00. The summed E-state index contributed by atoms with van der Waals surface area (Å²) in [5.74, 6) is 1.32. The molecule has 5 heteroatoms. The van der Waals surface area contributed by atoms with Gasteiger partial charge in [0.15, 0.2) is 0 Å². The number of carbonyl (C=O) groups excluding carboxylic acids is 1. The number of carbonyl (C=O) groups is 1. The van der Waals surface area contributed by atoms with Gasteiger partial charge in [0.05, 0.1) is 13.2 Å². The van der Waals surface area contributed by atoms with E-state index in [4.69, 9.17) is 9.84 Å². The van der Waals surface area contributed by atoms with Crippen molar-refractivity contribution in [1.29, 1.82) is 0 Å². The van der Waals surface area contributed by atoms with Crippen molar-refractivity contribution < 1.29 is 14.6 Å². The van der Waals surface area contributed by atoms with Gasteiger partial charge < -0.3 is 20.5 Å². The van der Waals surface area contributed by atoms with Gasteiger partial charge in [-0.3, -0.25) is 4.79 Å². The number of para-hydroxylation sites is 1. The molecule has 110 valence electrons. The van der Waals surface area contributed by atoms with Crippen LogP contribution in [0.25, 0.3) is 0 Å². The van der Waals surface area contributed by atoms with Crippen molar-refractivity contribution >= 4 is 11.6 Å². The molecular formula is C16H18N2O3. The maximum Gasteiger partial charge on any atom is 0.238 e. The highest BCUT2D eigenvalue weighted by Crippen LogP contribution is 2.22. The van der Waals surface area contributed by atoms with Crippen LogP contribution in [0.2, 0.25) is 0 Å². The summed E-state index contributed by atoms with van der Waals surface area (Å²) in [6, 6.07) is 16.6. The first kappa shape index (κ1) is 15.0. The minimum Gasteiger partial charge on any atom is -0.457 e. The monoisotopic (exact) mass is 286 g/mol. The van der Waals surface area contributed by atoms with E-state index in [2.05, 4.69) is 10.6 Å². The van der Waals surface area contributed by atoms with Crippen LogP contribution in [-0.4, -0.2) is 30.7 Å². The number of amides is 1. The van der Waals surface area contributed by atoms with Gasteiger partial charge in [-0.2, -0.15) is 0 Å². The van der Waals surface area contributed by atoms with Crippen molar-refractivity contribution in [3.05, 3.63) is 54.6 Å². The van der Waals surface area contributed by atoms with Crippen molar-refractivity contribution in [3.63, 3.8) is 0 Å². The Morgan fingerprint density at radius 1 is 1.00 bits per heavy atom. The molecule has 0 saturated heterocycles. The Morgan fingerprint density at radius 3 is 2.33 bits per heavy atom. The topological polar surface area (TPSA) is 70.6 Å². The standard InChI is InChI=1S/C16H18N2O3/c19-11-10-17-12-16(20)18-13-6-8-15(9-7-13)21-14-4-2-1-3-5-14/h1-9,17,19H,10-12H2,(H,18,20). The molecular weight excluding hydrogens is 268 g/mol. The first-order valence-corrected chi connectivity index (χ1v) is 6.72. The fraction of sp³-hybridized carbons (Fsp3) is 0.188. The third kappa shape index (κ3) is 5.25. The van der Waals surface area contributed by atoms with Crippen molar-refractivity contribution in [2.75, 3.05) is 25.0 Å². The van der Waals surface area contributed by atoms with Gasteiger partial charge in [-0.15, -0.1) is 0 Å². The van der Waals surface area contributed by atoms with Crippen LogP contribution in [-0.2, 0) is 4.79 Å². The number of hydrogen-bond donors (Lipinski definition) is 3. The molecule has 0 unspecified atom stereocenters. The van der Waals surface area contributed by atoms with E-state index in [0.717, 1.165) is 5.75 Å². The van der Waals surface area contributed by atoms with E-state index in [1.165, 1.54) is 0 Å². The maximum absolute atomic E-state index is 11.6. The van der Waals surface area contributed by atoms with Crippen LogP contribution in [0.1, 0.15) is 0 Å². The summed E-state index contributed by atoms with van der Waals surface area (Å²) in [7, 11) is 0. The molecule has 0 spiro atoms. The number of benzene rings is 2. The third-order valence-electron chi connectivity index (χ3n) is 2.69. The van der Waals surface area contributed by atoms with Crippen LogP contribution in [0, 0.1) is 0 Å². The molecule has 2 rings (SSSR count). The molecule has 5 nitrogen and oxygen atoms in total. The lowest BCUT2D eigenvalue weighted by atomic mass is 10.3. The van der Waals surface area contributed by atoms with Gasteiger partial charge in [-0.05, 0) is 36.4 Å². The van der Waals surface area contributed by atoms with Gasteiger partial charge >= 0.3 is 0 Å². The zero-order valence-corrected chi connectivity index (χ0v) is 11.6. The number of hydrogen-bond acceptors (Lipinski definition) is 4. The molecule has 2 aromatic carbocycles. The van der Waals surface area contributed by atoms with Gasteiger partial charge in [0, 0.05) is 12.2 Å². The van der Waals surface area contributed by atoms with E-state index >= 15 is 0 Å². The van der Waals surface area contributed by atoms with Crippen molar-refractivity contribution in [3.8, 4) is 11.5 Å². The summed E-state index contributed by atoms with van der Waals surface area (Å²) >= 11 is 0. The summed E-state index contributed by atoms with van der Waals surface area (Å²) in [6.45, 7) is 0.582. The Hall–Kier alpha value is -2.37. The molecule has 0 fully saturated rings. The molecule has 0 radical (unpaired) electrons. The summed E-state index contributed by atoms with van der Waals surface area (Å²) < 4.78 is 5.66. The van der Waals surface area contributed by atoms with Crippen LogP contribution in [0.3, 0.4) is 0 Å². The molecule has 0 aliphatic heterocycles. The quantitative estimate of drug-likeness (QED) is 0.681. The SMILES string of the molecule is O=C(CNCCO)Nc1ccc(Oc2ccccc2)cc1. The molecule has 2 aromatic rings. The van der Waals surface area contributed by atoms with Crippen LogP contribution in [0.15, 0.2) is 54.6 Å². The molecule has 3 N–H and O–H groups in total. The first-order chi connectivity index (χ1) is 10.3.